The Kier molecular flexibility index (Phi) is 22.9. The molecule has 1 saturated heterocycles. The summed E-state index contributed by atoms with van der Waals surface area (Å²) in [6, 6.07) is 19.0. The second kappa shape index (κ2) is 27.7. The third-order valence-electron chi connectivity index (χ3n) is 12.9. The third-order valence-corrected chi connectivity index (χ3v) is 12.9. The fourth-order valence-electron chi connectivity index (χ4n) is 9.14. The van der Waals surface area contributed by atoms with Gasteiger partial charge in [-0.05, 0) is 62.0 Å². The van der Waals surface area contributed by atoms with Crippen LogP contribution in [0.25, 0.3) is 0 Å². The summed E-state index contributed by atoms with van der Waals surface area (Å²) in [6.07, 6.45) is 24.2. The minimum Gasteiger partial charge on any atom is -0.460 e. The van der Waals surface area contributed by atoms with Gasteiger partial charge in [0.15, 0.2) is 0 Å². The van der Waals surface area contributed by atoms with Crippen molar-refractivity contribution in [2.75, 3.05) is 13.2 Å². The molecule has 0 bridgehead atoms. The van der Waals surface area contributed by atoms with Crippen LogP contribution in [0.3, 0.4) is 0 Å². The average molecular weight is 817 g/mol. The lowest BCUT2D eigenvalue weighted by Crippen LogP contribution is -2.47. The molecule has 330 valence electrons. The quantitative estimate of drug-likeness (QED) is 0.0350. The monoisotopic (exact) mass is 817 g/mol. The molecule has 7 nitrogen and oxygen atoms in total. The molecule has 1 aliphatic heterocycles. The van der Waals surface area contributed by atoms with Crippen LogP contribution in [0.4, 0.5) is 0 Å². The largest absolute Gasteiger partial charge is 0.460 e. The first-order valence-corrected chi connectivity index (χ1v) is 24.1. The molecule has 59 heavy (non-hydrogen) atoms. The Hall–Kier alpha value is -3.03. The van der Waals surface area contributed by atoms with E-state index in [9.17, 15) is 9.59 Å². The van der Waals surface area contributed by atoms with E-state index in [1.807, 2.05) is 60.7 Å². The maximum atomic E-state index is 15.2. The Balaban J connectivity index is 1.51. The summed E-state index contributed by atoms with van der Waals surface area (Å²) < 4.78 is 25.5. The topological polar surface area (TPSA) is 88.1 Å². The van der Waals surface area contributed by atoms with E-state index >= 15 is 4.79 Å². The number of ketones is 1. The van der Waals surface area contributed by atoms with Gasteiger partial charge in [-0.3, -0.25) is 9.59 Å². The molecule has 6 unspecified atom stereocenters. The first kappa shape index (κ1) is 48.6. The Labute approximate surface area is 358 Å². The molecular weight excluding hydrogens is 737 g/mol. The Morgan fingerprint density at radius 1 is 0.661 bits per heavy atom. The molecule has 7 heteroatoms. The maximum Gasteiger partial charge on any atom is 0.348 e. The van der Waals surface area contributed by atoms with Gasteiger partial charge in [0, 0.05) is 24.9 Å². The van der Waals surface area contributed by atoms with Crippen LogP contribution in [0, 0.1) is 23.7 Å². The van der Waals surface area contributed by atoms with Gasteiger partial charge in [0.1, 0.15) is 11.9 Å². The van der Waals surface area contributed by atoms with Crippen molar-refractivity contribution < 1.29 is 33.3 Å². The lowest BCUT2D eigenvalue weighted by atomic mass is 9.84. The van der Waals surface area contributed by atoms with Crippen LogP contribution in [-0.2, 0) is 38.9 Å². The smallest absolute Gasteiger partial charge is 0.348 e. The highest BCUT2D eigenvalue weighted by molar-refractivity contribution is 5.86. The molecule has 2 aromatic rings. The van der Waals surface area contributed by atoms with Crippen molar-refractivity contribution in [1.29, 1.82) is 0 Å². The van der Waals surface area contributed by atoms with Gasteiger partial charge in [-0.15, -0.1) is 0 Å². The van der Waals surface area contributed by atoms with Gasteiger partial charge >= 0.3 is 11.9 Å². The fraction of sp³-hybridized carbons (Fsp3) is 0.712. The third kappa shape index (κ3) is 16.4. The zero-order chi connectivity index (χ0) is 42.1. The number of unbranched alkanes of at least 4 members (excludes halogenated alkanes) is 15. The second-order valence-electron chi connectivity index (χ2n) is 18.0. The van der Waals surface area contributed by atoms with Crippen LogP contribution in [0.2, 0.25) is 0 Å². The maximum absolute atomic E-state index is 15.2. The number of hydrogen-bond acceptors (Lipinski definition) is 7. The zero-order valence-electron chi connectivity index (χ0n) is 37.5. The van der Waals surface area contributed by atoms with Crippen molar-refractivity contribution >= 4 is 17.7 Å². The molecule has 0 spiro atoms. The first-order chi connectivity index (χ1) is 28.8. The minimum absolute atomic E-state index is 0.0111. The van der Waals surface area contributed by atoms with Gasteiger partial charge < -0.3 is 18.9 Å². The van der Waals surface area contributed by atoms with E-state index in [2.05, 4.69) is 27.7 Å². The van der Waals surface area contributed by atoms with Gasteiger partial charge in [0.25, 0.3) is 0 Å². The van der Waals surface area contributed by atoms with Gasteiger partial charge in [-0.2, -0.15) is 0 Å². The van der Waals surface area contributed by atoms with Crippen LogP contribution >= 0.6 is 0 Å². The summed E-state index contributed by atoms with van der Waals surface area (Å²) in [5.41, 5.74) is -0.486. The standard InChI is InChI=1S/C52H80O7/c1-5-7-9-10-11-12-13-14-15-16-17-18-19-27-33-48(58-50(54)44-36-37-56-40-44)59-52(45-29-23-20-24-30-45,46-31-25-21-26-32-46)51(55)57-47-38-41(3)34-35-43(39-47)49(53)42(4)28-22-8-6-2/h20-21,23-26,29-32,41-44,47-48H,5-19,22,27-28,33-40H2,1-4H3. The summed E-state index contributed by atoms with van der Waals surface area (Å²) in [7, 11) is 0. The molecule has 0 radical (unpaired) electrons. The normalized spacial score (nSPS) is 20.7. The molecule has 2 fully saturated rings. The van der Waals surface area contributed by atoms with E-state index in [0.717, 1.165) is 57.8 Å². The second-order valence-corrected chi connectivity index (χ2v) is 18.0. The highest BCUT2D eigenvalue weighted by atomic mass is 16.7. The predicted octanol–water partition coefficient (Wildman–Crippen LogP) is 13.2. The van der Waals surface area contributed by atoms with Crippen molar-refractivity contribution in [3.63, 3.8) is 0 Å². The van der Waals surface area contributed by atoms with Crippen LogP contribution in [0.5, 0.6) is 0 Å². The molecular formula is C52H80O7. The highest BCUT2D eigenvalue weighted by Gasteiger charge is 2.49. The number of Topliss-reactive ketones (excluding diaryl/α,β-unsaturated/α-hetero) is 1. The van der Waals surface area contributed by atoms with Crippen LogP contribution in [-0.4, -0.2) is 43.3 Å². The number of carbonyl (C=O) groups is 3. The Morgan fingerprint density at radius 3 is 1.73 bits per heavy atom. The van der Waals surface area contributed by atoms with Gasteiger partial charge in [-0.25, -0.2) is 4.79 Å². The molecule has 2 aromatic carbocycles. The van der Waals surface area contributed by atoms with Crippen LogP contribution in [0.1, 0.15) is 193 Å². The zero-order valence-corrected chi connectivity index (χ0v) is 37.5. The van der Waals surface area contributed by atoms with Crippen molar-refractivity contribution in [2.45, 2.75) is 200 Å². The lowest BCUT2D eigenvalue weighted by Gasteiger charge is -2.37. The molecule has 2 aliphatic rings. The molecule has 6 atom stereocenters. The number of carbonyl (C=O) groups excluding carboxylic acids is 3. The fourth-order valence-corrected chi connectivity index (χ4v) is 9.14. The Morgan fingerprint density at radius 2 is 1.19 bits per heavy atom. The number of ether oxygens (including phenoxy) is 4. The van der Waals surface area contributed by atoms with E-state index in [4.69, 9.17) is 18.9 Å². The van der Waals surface area contributed by atoms with Crippen molar-refractivity contribution in [3.05, 3.63) is 71.8 Å². The molecule has 4 rings (SSSR count). The van der Waals surface area contributed by atoms with Gasteiger partial charge in [-0.1, -0.05) is 191 Å². The van der Waals surface area contributed by atoms with E-state index in [1.54, 1.807) is 0 Å². The van der Waals surface area contributed by atoms with Gasteiger partial charge in [0.2, 0.25) is 11.9 Å². The highest BCUT2D eigenvalue weighted by Crippen LogP contribution is 2.40. The summed E-state index contributed by atoms with van der Waals surface area (Å²) >= 11 is 0. The average Bonchev–Trinajstić information content (AvgIpc) is 3.74. The molecule has 1 saturated carbocycles. The summed E-state index contributed by atoms with van der Waals surface area (Å²) in [5, 5.41) is 0. The predicted molar refractivity (Wildman–Crippen MR) is 238 cm³/mol. The Bertz CT molecular complexity index is 1400. The molecule has 1 aliphatic carbocycles. The van der Waals surface area contributed by atoms with Crippen molar-refractivity contribution in [1.82, 2.24) is 0 Å². The molecule has 0 aromatic heterocycles. The summed E-state index contributed by atoms with van der Waals surface area (Å²) in [4.78, 5) is 42.7. The molecule has 1 heterocycles. The van der Waals surface area contributed by atoms with Gasteiger partial charge in [0.05, 0.1) is 12.5 Å². The van der Waals surface area contributed by atoms with E-state index in [0.29, 0.717) is 61.7 Å². The first-order valence-electron chi connectivity index (χ1n) is 24.1. The molecule has 0 N–H and O–H groups in total. The van der Waals surface area contributed by atoms with Crippen LogP contribution in [0.15, 0.2) is 60.7 Å². The molecule has 0 amide bonds. The minimum atomic E-state index is -1.71. The lowest BCUT2D eigenvalue weighted by molar-refractivity contribution is -0.225. The SMILES string of the molecule is CCCCCCCCCCCCCCCCC(OC(=O)C1CCOC1)OC(C(=O)OC1CC(C)CCC(C(=O)C(C)CCCCC)C1)(c1ccccc1)c1ccccc1. The number of benzene rings is 2. The number of esters is 2. The van der Waals surface area contributed by atoms with Crippen LogP contribution < -0.4 is 0 Å². The van der Waals surface area contributed by atoms with Crippen molar-refractivity contribution in [3.8, 4) is 0 Å². The van der Waals surface area contributed by atoms with Crippen molar-refractivity contribution in [2.24, 2.45) is 23.7 Å². The van der Waals surface area contributed by atoms with E-state index < -0.39 is 24.0 Å². The van der Waals surface area contributed by atoms with E-state index in [-0.39, 0.29) is 23.7 Å². The summed E-state index contributed by atoms with van der Waals surface area (Å²) in [5.74, 6) is -0.827. The van der Waals surface area contributed by atoms with E-state index in [1.165, 1.54) is 70.6 Å². The number of rotatable bonds is 29. The summed E-state index contributed by atoms with van der Waals surface area (Å²) in [6.45, 7) is 9.56. The number of hydrogen-bond donors (Lipinski definition) is 0.